The number of hydrogen-bond acceptors (Lipinski definition) is 2. The molecule has 0 spiro atoms. The zero-order valence-corrected chi connectivity index (χ0v) is 9.12. The zero-order valence-electron chi connectivity index (χ0n) is 9.12. The van der Waals surface area contributed by atoms with Crippen LogP contribution in [-0.4, -0.2) is 15.2 Å². The molecule has 1 N–H and O–H groups in total. The molecule has 1 heterocycles. The number of aromatic nitrogens is 3. The lowest BCUT2D eigenvalue weighted by Crippen LogP contribution is -1.91. The van der Waals surface area contributed by atoms with Crippen molar-refractivity contribution in [3.63, 3.8) is 0 Å². The Balaban J connectivity index is 2.11. The van der Waals surface area contributed by atoms with Crippen molar-refractivity contribution < 1.29 is 0 Å². The Morgan fingerprint density at radius 3 is 2.53 bits per heavy atom. The third-order valence-electron chi connectivity index (χ3n) is 2.39. The Bertz CT molecular complexity index is 428. The van der Waals surface area contributed by atoms with Gasteiger partial charge in [0, 0.05) is 12.8 Å². The van der Waals surface area contributed by atoms with E-state index in [1.54, 1.807) is 0 Å². The van der Waals surface area contributed by atoms with Gasteiger partial charge < -0.3 is 0 Å². The van der Waals surface area contributed by atoms with Crippen LogP contribution in [0.15, 0.2) is 24.3 Å². The quantitative estimate of drug-likeness (QED) is 0.827. The molecule has 0 bridgehead atoms. The summed E-state index contributed by atoms with van der Waals surface area (Å²) in [6, 6.07) is 8.49. The van der Waals surface area contributed by atoms with Crippen molar-refractivity contribution in [2.24, 2.45) is 0 Å². The van der Waals surface area contributed by atoms with Crippen LogP contribution in [0.25, 0.3) is 0 Å². The van der Waals surface area contributed by atoms with Gasteiger partial charge in [-0.25, -0.2) is 4.98 Å². The van der Waals surface area contributed by atoms with Crippen molar-refractivity contribution in [2.75, 3.05) is 0 Å². The largest absolute Gasteiger partial charge is 0.263 e. The van der Waals surface area contributed by atoms with Crippen LogP contribution in [0.1, 0.15) is 29.7 Å². The van der Waals surface area contributed by atoms with Gasteiger partial charge in [0.25, 0.3) is 0 Å². The highest BCUT2D eigenvalue weighted by molar-refractivity contribution is 5.23. The number of nitrogens with one attached hydrogen (secondary N) is 1. The molecule has 0 amide bonds. The van der Waals surface area contributed by atoms with Gasteiger partial charge in [-0.15, -0.1) is 0 Å². The minimum atomic E-state index is 0.827. The summed E-state index contributed by atoms with van der Waals surface area (Å²) in [6.07, 6.45) is 1.71. The van der Waals surface area contributed by atoms with Gasteiger partial charge in [0.1, 0.15) is 11.6 Å². The molecule has 15 heavy (non-hydrogen) atoms. The molecule has 0 saturated carbocycles. The fourth-order valence-corrected chi connectivity index (χ4v) is 1.47. The van der Waals surface area contributed by atoms with Crippen LogP contribution in [0.4, 0.5) is 0 Å². The summed E-state index contributed by atoms with van der Waals surface area (Å²) in [4.78, 5) is 4.38. The number of aryl methyl sites for hydroxylation is 2. The lowest BCUT2D eigenvalue weighted by molar-refractivity contribution is 0.942. The highest BCUT2D eigenvalue weighted by atomic mass is 15.2. The average molecular weight is 201 g/mol. The highest BCUT2D eigenvalue weighted by Crippen LogP contribution is 2.07. The zero-order chi connectivity index (χ0) is 10.7. The number of H-pyrrole nitrogens is 1. The predicted octanol–water partition coefficient (Wildman–Crippen LogP) is 2.27. The van der Waals surface area contributed by atoms with Crippen LogP contribution in [0.5, 0.6) is 0 Å². The Kier molecular flexibility index (Phi) is 2.81. The predicted molar refractivity (Wildman–Crippen MR) is 59.7 cm³/mol. The van der Waals surface area contributed by atoms with Crippen molar-refractivity contribution in [1.82, 2.24) is 15.2 Å². The van der Waals surface area contributed by atoms with Crippen LogP contribution in [0, 0.1) is 6.92 Å². The SMILES string of the molecule is CCc1n[nH]c(Cc2ccc(C)cc2)n1. The third kappa shape index (κ3) is 2.43. The molecular formula is C12H15N3. The smallest absolute Gasteiger partial charge is 0.150 e. The maximum atomic E-state index is 4.38. The van der Waals surface area contributed by atoms with Gasteiger partial charge in [-0.3, -0.25) is 5.10 Å². The molecule has 0 aliphatic rings. The monoisotopic (exact) mass is 201 g/mol. The number of benzene rings is 1. The van der Waals surface area contributed by atoms with E-state index in [9.17, 15) is 0 Å². The standard InChI is InChI=1S/C12H15N3/c1-3-11-13-12(15-14-11)8-10-6-4-9(2)5-7-10/h4-7H,3,8H2,1-2H3,(H,13,14,15). The maximum absolute atomic E-state index is 4.38. The molecule has 1 aromatic heterocycles. The van der Waals surface area contributed by atoms with E-state index in [1.807, 2.05) is 0 Å². The fraction of sp³-hybridized carbons (Fsp3) is 0.333. The van der Waals surface area contributed by atoms with Gasteiger partial charge in [-0.05, 0) is 12.5 Å². The summed E-state index contributed by atoms with van der Waals surface area (Å²) >= 11 is 0. The first-order chi connectivity index (χ1) is 7.28. The summed E-state index contributed by atoms with van der Waals surface area (Å²) in [5, 5.41) is 7.07. The molecule has 0 aliphatic carbocycles. The van der Waals surface area contributed by atoms with Crippen molar-refractivity contribution in [3.8, 4) is 0 Å². The number of nitrogens with zero attached hydrogens (tertiary/aromatic N) is 2. The summed E-state index contributed by atoms with van der Waals surface area (Å²) in [7, 11) is 0. The Morgan fingerprint density at radius 2 is 1.93 bits per heavy atom. The van der Waals surface area contributed by atoms with E-state index in [1.165, 1.54) is 11.1 Å². The molecular weight excluding hydrogens is 186 g/mol. The molecule has 0 radical (unpaired) electrons. The second-order valence-corrected chi connectivity index (χ2v) is 3.71. The van der Waals surface area contributed by atoms with Crippen molar-refractivity contribution in [1.29, 1.82) is 0 Å². The van der Waals surface area contributed by atoms with E-state index in [2.05, 4.69) is 53.3 Å². The van der Waals surface area contributed by atoms with E-state index in [0.717, 1.165) is 24.5 Å². The Hall–Kier alpha value is -1.64. The van der Waals surface area contributed by atoms with Crippen LogP contribution in [0.3, 0.4) is 0 Å². The third-order valence-corrected chi connectivity index (χ3v) is 2.39. The van der Waals surface area contributed by atoms with Gasteiger partial charge in [-0.1, -0.05) is 36.8 Å². The Labute approximate surface area is 89.6 Å². The van der Waals surface area contributed by atoms with Crippen molar-refractivity contribution >= 4 is 0 Å². The highest BCUT2D eigenvalue weighted by Gasteiger charge is 2.01. The van der Waals surface area contributed by atoms with Gasteiger partial charge in [0.2, 0.25) is 0 Å². The van der Waals surface area contributed by atoms with Gasteiger partial charge in [-0.2, -0.15) is 5.10 Å². The molecule has 3 heteroatoms. The fourth-order valence-electron chi connectivity index (χ4n) is 1.47. The minimum Gasteiger partial charge on any atom is -0.263 e. The molecule has 2 rings (SSSR count). The van der Waals surface area contributed by atoms with Crippen LogP contribution in [0.2, 0.25) is 0 Å². The van der Waals surface area contributed by atoms with Crippen molar-refractivity contribution in [2.45, 2.75) is 26.7 Å². The molecule has 3 nitrogen and oxygen atoms in total. The molecule has 0 aliphatic heterocycles. The topological polar surface area (TPSA) is 41.6 Å². The van der Waals surface area contributed by atoms with Crippen LogP contribution >= 0.6 is 0 Å². The summed E-state index contributed by atoms with van der Waals surface area (Å²) in [5.41, 5.74) is 2.55. The Morgan fingerprint density at radius 1 is 1.20 bits per heavy atom. The lowest BCUT2D eigenvalue weighted by Gasteiger charge is -1.98. The summed E-state index contributed by atoms with van der Waals surface area (Å²) in [6.45, 7) is 4.15. The molecule has 78 valence electrons. The number of hydrogen-bond donors (Lipinski definition) is 1. The molecule has 2 aromatic rings. The second kappa shape index (κ2) is 4.26. The molecule has 0 saturated heterocycles. The molecule has 1 aromatic carbocycles. The van der Waals surface area contributed by atoms with E-state index < -0.39 is 0 Å². The van der Waals surface area contributed by atoms with E-state index in [0.29, 0.717) is 0 Å². The van der Waals surface area contributed by atoms with Crippen LogP contribution < -0.4 is 0 Å². The minimum absolute atomic E-state index is 0.827. The normalized spacial score (nSPS) is 10.5. The van der Waals surface area contributed by atoms with Crippen LogP contribution in [-0.2, 0) is 12.8 Å². The maximum Gasteiger partial charge on any atom is 0.150 e. The van der Waals surface area contributed by atoms with E-state index >= 15 is 0 Å². The molecule has 0 fully saturated rings. The lowest BCUT2D eigenvalue weighted by atomic mass is 10.1. The number of rotatable bonds is 3. The summed E-state index contributed by atoms with van der Waals surface area (Å²) < 4.78 is 0. The summed E-state index contributed by atoms with van der Waals surface area (Å²) in [5.74, 6) is 1.83. The average Bonchev–Trinajstić information content (AvgIpc) is 2.69. The van der Waals surface area contributed by atoms with Gasteiger partial charge in [0.05, 0.1) is 0 Å². The van der Waals surface area contributed by atoms with Gasteiger partial charge in [0.15, 0.2) is 0 Å². The van der Waals surface area contributed by atoms with Crippen molar-refractivity contribution in [3.05, 3.63) is 47.0 Å². The molecule has 0 atom stereocenters. The van der Waals surface area contributed by atoms with Gasteiger partial charge >= 0.3 is 0 Å². The van der Waals surface area contributed by atoms with E-state index in [4.69, 9.17) is 0 Å². The first-order valence-corrected chi connectivity index (χ1v) is 5.23. The molecule has 0 unspecified atom stereocenters. The second-order valence-electron chi connectivity index (χ2n) is 3.71. The first-order valence-electron chi connectivity index (χ1n) is 5.23. The number of aromatic amines is 1. The first kappa shape index (κ1) is 9.90. The van der Waals surface area contributed by atoms with E-state index in [-0.39, 0.29) is 0 Å².